The second-order valence-electron chi connectivity index (χ2n) is 3.08. The third-order valence-corrected chi connectivity index (χ3v) is 2.14. The summed E-state index contributed by atoms with van der Waals surface area (Å²) >= 11 is 0. The number of fused-ring (bicyclic) bond motifs is 1. The number of ether oxygens (including phenoxy) is 2. The molecule has 0 aromatic carbocycles. The average Bonchev–Trinajstić information content (AvgIpc) is 2.72. The van der Waals surface area contributed by atoms with Gasteiger partial charge in [-0.25, -0.2) is 9.18 Å². The van der Waals surface area contributed by atoms with Gasteiger partial charge >= 0.3 is 5.97 Å². The standard InChI is InChI=1S/C10H9FN2O3/c1-15-8-4-6(11)5-3-7(10(14)16-2)12-9(5)13-8/h3-4H,1-2H3,(H,12,13). The van der Waals surface area contributed by atoms with Gasteiger partial charge in [0.2, 0.25) is 5.88 Å². The highest BCUT2D eigenvalue weighted by molar-refractivity contribution is 5.93. The number of pyridine rings is 1. The van der Waals surface area contributed by atoms with Gasteiger partial charge in [0.15, 0.2) is 0 Å². The molecule has 0 aliphatic rings. The molecule has 0 saturated heterocycles. The molecule has 0 amide bonds. The molecule has 5 nitrogen and oxygen atoms in total. The molecule has 2 heterocycles. The van der Waals surface area contributed by atoms with E-state index < -0.39 is 11.8 Å². The Bertz CT molecular complexity index is 550. The molecule has 0 spiro atoms. The van der Waals surface area contributed by atoms with Crippen LogP contribution in [0.2, 0.25) is 0 Å². The summed E-state index contributed by atoms with van der Waals surface area (Å²) in [5, 5.41) is 0.223. The maximum atomic E-state index is 13.5. The average molecular weight is 224 g/mol. The Morgan fingerprint density at radius 2 is 2.19 bits per heavy atom. The van der Waals surface area contributed by atoms with Gasteiger partial charge in [-0.1, -0.05) is 0 Å². The zero-order chi connectivity index (χ0) is 11.7. The molecule has 84 valence electrons. The van der Waals surface area contributed by atoms with Crippen LogP contribution in [0.15, 0.2) is 12.1 Å². The first-order chi connectivity index (χ1) is 7.65. The molecule has 6 heteroatoms. The molecular weight excluding hydrogens is 215 g/mol. The molecule has 2 aromatic rings. The number of aromatic amines is 1. The summed E-state index contributed by atoms with van der Waals surface area (Å²) in [5.74, 6) is -0.937. The monoisotopic (exact) mass is 224 g/mol. The van der Waals surface area contributed by atoms with E-state index in [1.54, 1.807) is 0 Å². The van der Waals surface area contributed by atoms with Crippen LogP contribution in [0.5, 0.6) is 5.88 Å². The molecule has 2 rings (SSSR count). The lowest BCUT2D eigenvalue weighted by atomic mass is 10.3. The molecule has 16 heavy (non-hydrogen) atoms. The number of carbonyl (C=O) groups excluding carboxylic acids is 1. The molecule has 0 unspecified atom stereocenters. The minimum absolute atomic E-state index is 0.142. The van der Waals surface area contributed by atoms with Crippen LogP contribution in [-0.4, -0.2) is 30.2 Å². The van der Waals surface area contributed by atoms with Crippen LogP contribution in [0, 0.1) is 5.82 Å². The molecule has 0 aliphatic heterocycles. The SMILES string of the molecule is COC(=O)c1cc2c(F)cc(OC)nc2[nH]1. The molecule has 0 bridgehead atoms. The van der Waals surface area contributed by atoms with Gasteiger partial charge in [0.25, 0.3) is 0 Å². The van der Waals surface area contributed by atoms with Crippen LogP contribution >= 0.6 is 0 Å². The van der Waals surface area contributed by atoms with Gasteiger partial charge in [-0.2, -0.15) is 4.98 Å². The Balaban J connectivity index is 2.61. The van der Waals surface area contributed by atoms with Crippen molar-refractivity contribution in [2.24, 2.45) is 0 Å². The Hall–Kier alpha value is -2.11. The summed E-state index contributed by atoms with van der Waals surface area (Å²) in [6.45, 7) is 0. The number of rotatable bonds is 2. The molecular formula is C10H9FN2O3. The number of methoxy groups -OCH3 is 2. The van der Waals surface area contributed by atoms with Crippen LogP contribution in [0.3, 0.4) is 0 Å². The molecule has 2 aromatic heterocycles. The molecule has 0 radical (unpaired) electrons. The van der Waals surface area contributed by atoms with Crippen LogP contribution in [0.4, 0.5) is 4.39 Å². The minimum Gasteiger partial charge on any atom is -0.481 e. The van der Waals surface area contributed by atoms with Crippen LogP contribution < -0.4 is 4.74 Å². The number of esters is 1. The van der Waals surface area contributed by atoms with Crippen molar-refractivity contribution in [1.29, 1.82) is 0 Å². The minimum atomic E-state index is -0.573. The predicted molar refractivity (Wildman–Crippen MR) is 53.9 cm³/mol. The number of halogens is 1. The number of H-pyrrole nitrogens is 1. The van der Waals surface area contributed by atoms with E-state index in [1.807, 2.05) is 0 Å². The maximum absolute atomic E-state index is 13.5. The highest BCUT2D eigenvalue weighted by Gasteiger charge is 2.14. The maximum Gasteiger partial charge on any atom is 0.354 e. The molecule has 0 fully saturated rings. The lowest BCUT2D eigenvalue weighted by Crippen LogP contribution is -2.00. The first-order valence-electron chi connectivity index (χ1n) is 4.47. The number of hydrogen-bond acceptors (Lipinski definition) is 4. The number of aromatic nitrogens is 2. The van der Waals surface area contributed by atoms with Gasteiger partial charge in [-0.05, 0) is 6.07 Å². The Morgan fingerprint density at radius 3 is 2.81 bits per heavy atom. The molecule has 0 aliphatic carbocycles. The quantitative estimate of drug-likeness (QED) is 0.785. The largest absolute Gasteiger partial charge is 0.481 e. The van der Waals surface area contributed by atoms with Crippen molar-refractivity contribution in [2.75, 3.05) is 14.2 Å². The van der Waals surface area contributed by atoms with E-state index in [4.69, 9.17) is 4.74 Å². The first-order valence-corrected chi connectivity index (χ1v) is 4.47. The van der Waals surface area contributed by atoms with E-state index in [9.17, 15) is 9.18 Å². The van der Waals surface area contributed by atoms with Gasteiger partial charge < -0.3 is 14.5 Å². The van der Waals surface area contributed by atoms with Crippen molar-refractivity contribution < 1.29 is 18.7 Å². The van der Waals surface area contributed by atoms with Crippen LogP contribution in [-0.2, 0) is 4.74 Å². The van der Waals surface area contributed by atoms with Crippen LogP contribution in [0.1, 0.15) is 10.5 Å². The van der Waals surface area contributed by atoms with Gasteiger partial charge in [0.1, 0.15) is 17.2 Å². The first kappa shape index (κ1) is 10.4. The van der Waals surface area contributed by atoms with E-state index in [2.05, 4.69) is 14.7 Å². The Kier molecular flexibility index (Phi) is 2.47. The fraction of sp³-hybridized carbons (Fsp3) is 0.200. The Labute approximate surface area is 90.2 Å². The normalized spacial score (nSPS) is 10.4. The number of nitrogens with zero attached hydrogens (tertiary/aromatic N) is 1. The van der Waals surface area contributed by atoms with Crippen molar-refractivity contribution in [3.63, 3.8) is 0 Å². The predicted octanol–water partition coefficient (Wildman–Crippen LogP) is 1.50. The zero-order valence-electron chi connectivity index (χ0n) is 8.70. The zero-order valence-corrected chi connectivity index (χ0v) is 8.70. The summed E-state index contributed by atoms with van der Waals surface area (Å²) in [6, 6.07) is 2.50. The molecule has 0 saturated carbocycles. The highest BCUT2D eigenvalue weighted by Crippen LogP contribution is 2.21. The lowest BCUT2D eigenvalue weighted by molar-refractivity contribution is 0.0595. The van der Waals surface area contributed by atoms with Crippen molar-refractivity contribution in [3.05, 3.63) is 23.6 Å². The van der Waals surface area contributed by atoms with Crippen molar-refractivity contribution >= 4 is 17.0 Å². The third-order valence-electron chi connectivity index (χ3n) is 2.14. The van der Waals surface area contributed by atoms with E-state index >= 15 is 0 Å². The topological polar surface area (TPSA) is 64.2 Å². The van der Waals surface area contributed by atoms with Crippen molar-refractivity contribution in [2.45, 2.75) is 0 Å². The van der Waals surface area contributed by atoms with Gasteiger partial charge in [0, 0.05) is 6.07 Å². The third kappa shape index (κ3) is 1.58. The number of carbonyl (C=O) groups is 1. The van der Waals surface area contributed by atoms with Crippen molar-refractivity contribution in [3.8, 4) is 5.88 Å². The second-order valence-corrected chi connectivity index (χ2v) is 3.08. The molecule has 1 N–H and O–H groups in total. The van der Waals surface area contributed by atoms with Crippen molar-refractivity contribution in [1.82, 2.24) is 9.97 Å². The van der Waals surface area contributed by atoms with E-state index in [-0.39, 0.29) is 22.6 Å². The summed E-state index contributed by atoms with van der Waals surface area (Å²) < 4.78 is 22.8. The summed E-state index contributed by atoms with van der Waals surface area (Å²) in [7, 11) is 2.63. The molecule has 0 atom stereocenters. The smallest absolute Gasteiger partial charge is 0.354 e. The fourth-order valence-electron chi connectivity index (χ4n) is 1.37. The summed E-state index contributed by atoms with van der Waals surface area (Å²) in [4.78, 5) is 17.8. The van der Waals surface area contributed by atoms with E-state index in [1.165, 1.54) is 20.3 Å². The van der Waals surface area contributed by atoms with Gasteiger partial charge in [-0.3, -0.25) is 0 Å². The van der Waals surface area contributed by atoms with Gasteiger partial charge in [0.05, 0.1) is 19.6 Å². The van der Waals surface area contributed by atoms with E-state index in [0.717, 1.165) is 6.07 Å². The highest BCUT2D eigenvalue weighted by atomic mass is 19.1. The number of hydrogen-bond donors (Lipinski definition) is 1. The van der Waals surface area contributed by atoms with Crippen LogP contribution in [0.25, 0.3) is 11.0 Å². The fourth-order valence-corrected chi connectivity index (χ4v) is 1.37. The Morgan fingerprint density at radius 1 is 1.44 bits per heavy atom. The number of nitrogens with one attached hydrogen (secondary N) is 1. The van der Waals surface area contributed by atoms with E-state index in [0.29, 0.717) is 0 Å². The lowest BCUT2D eigenvalue weighted by Gasteiger charge is -1.98. The summed E-state index contributed by atoms with van der Waals surface area (Å²) in [5.41, 5.74) is 0.398. The second kappa shape index (κ2) is 3.80. The summed E-state index contributed by atoms with van der Waals surface area (Å²) in [6.07, 6.45) is 0. The van der Waals surface area contributed by atoms with Gasteiger partial charge in [-0.15, -0.1) is 0 Å².